The normalized spacial score (nSPS) is 13.3. The molecule has 0 aromatic heterocycles. The summed E-state index contributed by atoms with van der Waals surface area (Å²) in [5, 5.41) is 9.78. The van der Waals surface area contributed by atoms with Crippen LogP contribution in [0.15, 0.2) is 134 Å². The lowest BCUT2D eigenvalue weighted by molar-refractivity contribution is -0.870. The zero-order valence-electron chi connectivity index (χ0n) is 65.1. The first-order chi connectivity index (χ1) is 48.6. The summed E-state index contributed by atoms with van der Waals surface area (Å²) >= 11 is 0. The number of esters is 2. The van der Waals surface area contributed by atoms with Gasteiger partial charge in [-0.25, -0.2) is 4.79 Å². The van der Waals surface area contributed by atoms with Gasteiger partial charge in [0.15, 0.2) is 6.10 Å². The second kappa shape index (κ2) is 79.1. The van der Waals surface area contributed by atoms with Crippen molar-refractivity contribution in [2.75, 3.05) is 47.5 Å². The molecule has 0 heterocycles. The van der Waals surface area contributed by atoms with Gasteiger partial charge in [-0.05, 0) is 116 Å². The van der Waals surface area contributed by atoms with Crippen molar-refractivity contribution in [1.29, 1.82) is 0 Å². The Balaban J connectivity index is 4.03. The molecule has 0 aliphatic carbocycles. The number of carboxylic acid groups (broad SMARTS) is 1. The third-order valence-electron chi connectivity index (χ3n) is 17.9. The molecule has 9 nitrogen and oxygen atoms in total. The molecule has 0 aliphatic heterocycles. The Labute approximate surface area is 611 Å². The van der Waals surface area contributed by atoms with Gasteiger partial charge >= 0.3 is 17.9 Å². The lowest BCUT2D eigenvalue weighted by Gasteiger charge is -2.25. The van der Waals surface area contributed by atoms with E-state index >= 15 is 0 Å². The fraction of sp³-hybridized carbons (Fsp3) is 0.722. The molecule has 2 unspecified atom stereocenters. The van der Waals surface area contributed by atoms with Crippen LogP contribution in [0.3, 0.4) is 0 Å². The number of unbranched alkanes of at least 4 members (excludes halogenated alkanes) is 39. The van der Waals surface area contributed by atoms with Crippen LogP contribution in [0, 0.1) is 0 Å². The molecule has 0 spiro atoms. The molecule has 0 bridgehead atoms. The van der Waals surface area contributed by atoms with Crippen molar-refractivity contribution in [3.63, 3.8) is 0 Å². The Bertz CT molecular complexity index is 2100. The standard InChI is InChI=1S/C90H155NO8/c1-6-8-10-12-14-16-18-20-22-24-26-28-30-32-34-36-38-40-41-42-43-44-45-46-47-49-50-52-54-56-58-60-62-64-66-68-70-72-74-76-78-80-87(92)97-84-86(85-98-90(89(94)95)96-83-82-91(3,4)5)99-88(93)81-79-77-75-73-71-69-67-65-63-61-59-57-55-53-51-48-39-37-35-33-31-29-27-25-23-21-19-17-15-13-11-9-7-2/h9,11,15,17-18,20-21,23-24,26-27,29,33,35,39,48,53,55,59,61,65,67,86,90H,6-8,10,12-14,16,19,22,25,28,30-32,34,36-38,40-47,49-52,54,56-58,60,62-64,66,68-85H2,1-5H3/p+1/b11-9-,17-15-,20-18-,23-21-,26-24-,29-27-,35-33-,48-39-,55-53-,61-59-,67-65-. The SMILES string of the molecule is CC/C=C\C/C=C\C/C=C\C/C=C\C/C=C\C/C=C\C/C=C\C/C=C\C/C=C\CCCCCCCC(=O)OC(COC(=O)CCCCCCCCCCCCCCCCCCCCCCCCCCCCCCC/C=C\C/C=C\CCCCCCC)COC(OCC[N+](C)(C)C)C(=O)O. The Morgan fingerprint density at radius 1 is 0.313 bits per heavy atom. The van der Waals surface area contributed by atoms with Crippen LogP contribution in [0.25, 0.3) is 0 Å². The molecule has 0 amide bonds. The minimum Gasteiger partial charge on any atom is -0.477 e. The second-order valence-corrected chi connectivity index (χ2v) is 28.7. The van der Waals surface area contributed by atoms with Gasteiger partial charge in [-0.3, -0.25) is 9.59 Å². The van der Waals surface area contributed by atoms with Gasteiger partial charge in [0.1, 0.15) is 13.2 Å². The Kier molecular flexibility index (Phi) is 75.5. The Morgan fingerprint density at radius 3 is 0.859 bits per heavy atom. The summed E-state index contributed by atoms with van der Waals surface area (Å²) in [4.78, 5) is 37.7. The van der Waals surface area contributed by atoms with E-state index in [9.17, 15) is 19.5 Å². The van der Waals surface area contributed by atoms with Crippen LogP contribution in [0.5, 0.6) is 0 Å². The molecule has 0 saturated carbocycles. The number of nitrogens with zero attached hydrogens (tertiary/aromatic N) is 1. The van der Waals surface area contributed by atoms with Gasteiger partial charge in [0.25, 0.3) is 6.29 Å². The summed E-state index contributed by atoms with van der Waals surface area (Å²) in [6.45, 7) is 4.76. The van der Waals surface area contributed by atoms with Gasteiger partial charge < -0.3 is 28.5 Å². The van der Waals surface area contributed by atoms with Gasteiger partial charge in [-0.1, -0.05) is 366 Å². The number of likely N-dealkylation sites (N-methyl/N-ethyl adjacent to an activating group) is 1. The first-order valence-electron chi connectivity index (χ1n) is 41.3. The molecular formula is C90H156NO8+. The molecule has 0 aliphatic rings. The number of hydrogen-bond donors (Lipinski definition) is 1. The minimum absolute atomic E-state index is 0.179. The number of hydrogen-bond acceptors (Lipinski definition) is 7. The summed E-state index contributed by atoms with van der Waals surface area (Å²) in [7, 11) is 5.97. The van der Waals surface area contributed by atoms with Gasteiger partial charge in [-0.15, -0.1) is 0 Å². The van der Waals surface area contributed by atoms with Crippen LogP contribution in [0.2, 0.25) is 0 Å². The Morgan fingerprint density at radius 2 is 0.576 bits per heavy atom. The fourth-order valence-corrected chi connectivity index (χ4v) is 11.6. The third kappa shape index (κ3) is 80.6. The molecule has 0 aromatic rings. The van der Waals surface area contributed by atoms with Crippen LogP contribution in [-0.4, -0.2) is 87.4 Å². The van der Waals surface area contributed by atoms with Crippen molar-refractivity contribution in [2.45, 2.75) is 373 Å². The smallest absolute Gasteiger partial charge is 0.361 e. The summed E-state index contributed by atoms with van der Waals surface area (Å²) < 4.78 is 23.0. The predicted octanol–water partition coefficient (Wildman–Crippen LogP) is 26.8. The van der Waals surface area contributed by atoms with Crippen LogP contribution in [0.1, 0.15) is 361 Å². The van der Waals surface area contributed by atoms with Crippen molar-refractivity contribution in [3.05, 3.63) is 134 Å². The summed E-state index contributed by atoms with van der Waals surface area (Å²) in [6, 6.07) is 0. The summed E-state index contributed by atoms with van der Waals surface area (Å²) in [5.74, 6) is -2.03. The van der Waals surface area contributed by atoms with Crippen LogP contribution < -0.4 is 0 Å². The van der Waals surface area contributed by atoms with E-state index in [1.807, 2.05) is 21.1 Å². The molecule has 0 rings (SSSR count). The highest BCUT2D eigenvalue weighted by Gasteiger charge is 2.25. The fourth-order valence-electron chi connectivity index (χ4n) is 11.6. The zero-order chi connectivity index (χ0) is 71.8. The Hall–Kier alpha value is -4.57. The van der Waals surface area contributed by atoms with Gasteiger partial charge in [-0.2, -0.15) is 0 Å². The van der Waals surface area contributed by atoms with E-state index in [2.05, 4.69) is 148 Å². The van der Waals surface area contributed by atoms with Crippen molar-refractivity contribution in [3.8, 4) is 0 Å². The van der Waals surface area contributed by atoms with Gasteiger partial charge in [0.2, 0.25) is 0 Å². The van der Waals surface area contributed by atoms with E-state index in [0.717, 1.165) is 116 Å². The monoisotopic (exact) mass is 1380 g/mol. The largest absolute Gasteiger partial charge is 0.477 e. The molecule has 9 heteroatoms. The highest BCUT2D eigenvalue weighted by Crippen LogP contribution is 2.19. The van der Waals surface area contributed by atoms with E-state index in [1.165, 1.54) is 212 Å². The highest BCUT2D eigenvalue weighted by atomic mass is 16.7. The maximum Gasteiger partial charge on any atom is 0.361 e. The number of allylic oxidation sites excluding steroid dienone is 22. The lowest BCUT2D eigenvalue weighted by atomic mass is 10.0. The number of ether oxygens (including phenoxy) is 4. The second-order valence-electron chi connectivity index (χ2n) is 28.7. The van der Waals surface area contributed by atoms with E-state index in [4.69, 9.17) is 18.9 Å². The van der Waals surface area contributed by atoms with Gasteiger partial charge in [0, 0.05) is 12.8 Å². The zero-order valence-corrected chi connectivity index (χ0v) is 65.1. The van der Waals surface area contributed by atoms with Crippen LogP contribution >= 0.6 is 0 Å². The molecule has 0 radical (unpaired) electrons. The molecule has 2 atom stereocenters. The van der Waals surface area contributed by atoms with Crippen molar-refractivity contribution in [2.24, 2.45) is 0 Å². The van der Waals surface area contributed by atoms with Crippen molar-refractivity contribution in [1.82, 2.24) is 0 Å². The number of carbonyl (C=O) groups excluding carboxylic acids is 2. The molecule has 99 heavy (non-hydrogen) atoms. The minimum atomic E-state index is -1.52. The first kappa shape index (κ1) is 94.4. The number of carbonyl (C=O) groups is 3. The van der Waals surface area contributed by atoms with Crippen molar-refractivity contribution < 1.29 is 42.9 Å². The molecular weight excluding hydrogens is 1220 g/mol. The average molecular weight is 1380 g/mol. The molecule has 1 N–H and O–H groups in total. The topological polar surface area (TPSA) is 108 Å². The van der Waals surface area contributed by atoms with Gasteiger partial charge in [0.05, 0.1) is 34.4 Å². The molecule has 568 valence electrons. The van der Waals surface area contributed by atoms with E-state index in [0.29, 0.717) is 23.9 Å². The summed E-state index contributed by atoms with van der Waals surface area (Å²) in [6.07, 6.45) is 112. The first-order valence-corrected chi connectivity index (χ1v) is 41.3. The number of quaternary nitrogens is 1. The molecule has 0 aromatic carbocycles. The highest BCUT2D eigenvalue weighted by molar-refractivity contribution is 5.71. The van der Waals surface area contributed by atoms with E-state index < -0.39 is 24.3 Å². The average Bonchev–Trinajstić information content (AvgIpc) is 1.57. The molecule has 0 saturated heterocycles. The number of rotatable bonds is 76. The quantitative estimate of drug-likeness (QED) is 0.0211. The third-order valence-corrected chi connectivity index (χ3v) is 17.9. The lowest BCUT2D eigenvalue weighted by Crippen LogP contribution is -2.40. The van der Waals surface area contributed by atoms with E-state index in [-0.39, 0.29) is 32.2 Å². The predicted molar refractivity (Wildman–Crippen MR) is 428 cm³/mol. The van der Waals surface area contributed by atoms with Crippen molar-refractivity contribution >= 4 is 17.9 Å². The van der Waals surface area contributed by atoms with Crippen LogP contribution in [0.4, 0.5) is 0 Å². The number of carboxylic acids is 1. The van der Waals surface area contributed by atoms with Crippen LogP contribution in [-0.2, 0) is 33.3 Å². The number of aliphatic carboxylic acids is 1. The van der Waals surface area contributed by atoms with E-state index in [1.54, 1.807) is 0 Å². The maximum atomic E-state index is 13.0. The maximum absolute atomic E-state index is 13.0. The summed E-state index contributed by atoms with van der Waals surface area (Å²) in [5.41, 5.74) is 0. The molecule has 0 fully saturated rings.